The number of carbonyl (C=O) groups excluding carboxylic acids is 3. The van der Waals surface area contributed by atoms with E-state index in [0.29, 0.717) is 16.4 Å². The van der Waals surface area contributed by atoms with Gasteiger partial charge in [-0.1, -0.05) is 23.7 Å². The minimum absolute atomic E-state index is 0.0305. The number of hydrogen-bond acceptors (Lipinski definition) is 4. The number of halogens is 1. The lowest BCUT2D eigenvalue weighted by molar-refractivity contribution is -0.255. The molecule has 0 bridgehead atoms. The van der Waals surface area contributed by atoms with Gasteiger partial charge in [0.2, 0.25) is 11.8 Å². The van der Waals surface area contributed by atoms with Crippen LogP contribution in [0.2, 0.25) is 5.02 Å². The van der Waals surface area contributed by atoms with Crippen molar-refractivity contribution in [3.05, 3.63) is 59.1 Å². The molecule has 0 radical (unpaired) electrons. The molecule has 1 aliphatic rings. The topological polar surface area (TPSA) is 89.5 Å². The standard InChI is InChI=1S/C18H15ClN2O4/c19-13-3-7-15(8-4-13)21-10-12(9-16(21)22)17(23)20-14-5-1-11(2-6-14)18(24)25/h1-8,12H,9-10H2,(H,20,23)(H,24,25)/p-1. The Hall–Kier alpha value is -2.86. The molecule has 2 aromatic carbocycles. The zero-order valence-corrected chi connectivity index (χ0v) is 13.8. The van der Waals surface area contributed by atoms with E-state index in [9.17, 15) is 19.5 Å². The van der Waals surface area contributed by atoms with Crippen molar-refractivity contribution in [1.29, 1.82) is 0 Å². The molecule has 128 valence electrons. The fourth-order valence-electron chi connectivity index (χ4n) is 2.69. The van der Waals surface area contributed by atoms with Crippen LogP contribution in [-0.2, 0) is 9.59 Å². The predicted octanol–water partition coefficient (Wildman–Crippen LogP) is 1.70. The third kappa shape index (κ3) is 3.80. The van der Waals surface area contributed by atoms with Gasteiger partial charge in [0.25, 0.3) is 0 Å². The Bertz CT molecular complexity index is 818. The highest BCUT2D eigenvalue weighted by molar-refractivity contribution is 6.30. The van der Waals surface area contributed by atoms with Crippen LogP contribution in [0.1, 0.15) is 16.8 Å². The van der Waals surface area contributed by atoms with Gasteiger partial charge in [-0.05, 0) is 42.0 Å². The van der Waals surface area contributed by atoms with E-state index in [1.165, 1.54) is 24.3 Å². The minimum atomic E-state index is -1.28. The van der Waals surface area contributed by atoms with Gasteiger partial charge in [-0.25, -0.2) is 0 Å². The van der Waals surface area contributed by atoms with Crippen molar-refractivity contribution in [2.75, 3.05) is 16.8 Å². The molecule has 6 nitrogen and oxygen atoms in total. The number of aromatic carboxylic acids is 1. The summed E-state index contributed by atoms with van der Waals surface area (Å²) in [5.41, 5.74) is 1.19. The largest absolute Gasteiger partial charge is 0.545 e. The van der Waals surface area contributed by atoms with Crippen LogP contribution in [0.3, 0.4) is 0 Å². The SMILES string of the molecule is O=C([O-])c1ccc(NC(=O)C2CC(=O)N(c3ccc(Cl)cc3)C2)cc1. The van der Waals surface area contributed by atoms with Gasteiger partial charge in [-0.2, -0.15) is 0 Å². The van der Waals surface area contributed by atoms with Crippen LogP contribution >= 0.6 is 11.6 Å². The van der Waals surface area contributed by atoms with Gasteiger partial charge in [-0.15, -0.1) is 0 Å². The lowest BCUT2D eigenvalue weighted by Crippen LogP contribution is -2.28. The van der Waals surface area contributed by atoms with Gasteiger partial charge in [0.15, 0.2) is 0 Å². The second-order valence-corrected chi connectivity index (χ2v) is 6.17. The highest BCUT2D eigenvalue weighted by atomic mass is 35.5. The summed E-state index contributed by atoms with van der Waals surface area (Å²) in [6.45, 7) is 0.281. The molecule has 3 rings (SSSR count). The summed E-state index contributed by atoms with van der Waals surface area (Å²) in [5, 5.41) is 14.0. The van der Waals surface area contributed by atoms with Crippen LogP contribution in [0.4, 0.5) is 11.4 Å². The van der Waals surface area contributed by atoms with Gasteiger partial charge in [0.1, 0.15) is 0 Å². The van der Waals surface area contributed by atoms with Gasteiger partial charge >= 0.3 is 0 Å². The van der Waals surface area contributed by atoms with Crippen molar-refractivity contribution in [2.24, 2.45) is 5.92 Å². The summed E-state index contributed by atoms with van der Waals surface area (Å²) >= 11 is 5.85. The number of nitrogens with zero attached hydrogens (tertiary/aromatic N) is 1. The summed E-state index contributed by atoms with van der Waals surface area (Å²) in [4.78, 5) is 36.8. The minimum Gasteiger partial charge on any atom is -0.545 e. The molecule has 7 heteroatoms. The second-order valence-electron chi connectivity index (χ2n) is 5.74. The maximum atomic E-state index is 12.4. The van der Waals surface area contributed by atoms with Crippen molar-refractivity contribution in [3.8, 4) is 0 Å². The van der Waals surface area contributed by atoms with Crippen molar-refractivity contribution in [3.63, 3.8) is 0 Å². The first-order valence-electron chi connectivity index (χ1n) is 7.62. The highest BCUT2D eigenvalue weighted by Gasteiger charge is 2.35. The van der Waals surface area contributed by atoms with E-state index < -0.39 is 11.9 Å². The molecule has 25 heavy (non-hydrogen) atoms. The predicted molar refractivity (Wildman–Crippen MR) is 91.3 cm³/mol. The lowest BCUT2D eigenvalue weighted by atomic mass is 10.1. The van der Waals surface area contributed by atoms with Gasteiger partial charge in [-0.3, -0.25) is 9.59 Å². The summed E-state index contributed by atoms with van der Waals surface area (Å²) < 4.78 is 0. The fraction of sp³-hybridized carbons (Fsp3) is 0.167. The lowest BCUT2D eigenvalue weighted by Gasteiger charge is -2.17. The molecular formula is C18H14ClN2O4-. The number of carbonyl (C=O) groups is 3. The summed E-state index contributed by atoms with van der Waals surface area (Å²) in [7, 11) is 0. The molecule has 2 aromatic rings. The molecule has 1 aliphatic heterocycles. The maximum Gasteiger partial charge on any atom is 0.229 e. The Labute approximate surface area is 149 Å². The smallest absolute Gasteiger partial charge is 0.229 e. The Morgan fingerprint density at radius 2 is 1.72 bits per heavy atom. The number of nitrogens with one attached hydrogen (secondary N) is 1. The number of amides is 2. The molecule has 1 unspecified atom stereocenters. The number of hydrogen-bond donors (Lipinski definition) is 1. The van der Waals surface area contributed by atoms with Crippen LogP contribution in [0.15, 0.2) is 48.5 Å². The maximum absolute atomic E-state index is 12.4. The van der Waals surface area contributed by atoms with E-state index in [1.807, 2.05) is 0 Å². The van der Waals surface area contributed by atoms with Crippen LogP contribution in [-0.4, -0.2) is 24.3 Å². The Balaban J connectivity index is 1.66. The molecule has 1 N–H and O–H groups in total. The highest BCUT2D eigenvalue weighted by Crippen LogP contribution is 2.27. The monoisotopic (exact) mass is 357 g/mol. The average Bonchev–Trinajstić information content (AvgIpc) is 2.98. The first kappa shape index (κ1) is 17.0. The second kappa shape index (κ2) is 6.94. The quantitative estimate of drug-likeness (QED) is 0.901. The summed E-state index contributed by atoms with van der Waals surface area (Å²) in [5.74, 6) is -2.18. The number of carboxylic acids is 1. The number of anilines is 2. The average molecular weight is 358 g/mol. The number of benzene rings is 2. The Kier molecular flexibility index (Phi) is 4.72. The molecule has 2 amide bonds. The first-order valence-corrected chi connectivity index (χ1v) is 8.00. The molecule has 0 spiro atoms. The van der Waals surface area contributed by atoms with Crippen molar-refractivity contribution >= 4 is 40.8 Å². The van der Waals surface area contributed by atoms with E-state index in [2.05, 4.69) is 5.32 Å². The molecule has 0 saturated carbocycles. The van der Waals surface area contributed by atoms with Crippen molar-refractivity contribution in [2.45, 2.75) is 6.42 Å². The normalized spacial score (nSPS) is 16.8. The molecule has 1 heterocycles. The van der Waals surface area contributed by atoms with E-state index in [0.717, 1.165) is 0 Å². The van der Waals surface area contributed by atoms with Crippen LogP contribution in [0.5, 0.6) is 0 Å². The van der Waals surface area contributed by atoms with Gasteiger partial charge in [0, 0.05) is 29.4 Å². The molecule has 1 fully saturated rings. The van der Waals surface area contributed by atoms with Crippen molar-refractivity contribution < 1.29 is 19.5 Å². The van der Waals surface area contributed by atoms with Crippen molar-refractivity contribution in [1.82, 2.24) is 0 Å². The first-order chi connectivity index (χ1) is 11.9. The van der Waals surface area contributed by atoms with Gasteiger partial charge in [0.05, 0.1) is 11.9 Å². The molecule has 0 aliphatic carbocycles. The van der Waals surface area contributed by atoms with Crippen LogP contribution in [0.25, 0.3) is 0 Å². The molecule has 1 saturated heterocycles. The van der Waals surface area contributed by atoms with E-state index in [-0.39, 0.29) is 30.3 Å². The van der Waals surface area contributed by atoms with Crippen LogP contribution in [0, 0.1) is 5.92 Å². The molecule has 0 aromatic heterocycles. The fourth-order valence-corrected chi connectivity index (χ4v) is 2.81. The van der Waals surface area contributed by atoms with E-state index in [4.69, 9.17) is 11.6 Å². The van der Waals surface area contributed by atoms with E-state index >= 15 is 0 Å². The Morgan fingerprint density at radius 1 is 1.08 bits per heavy atom. The number of rotatable bonds is 4. The molecule has 1 atom stereocenters. The molecular weight excluding hydrogens is 344 g/mol. The third-order valence-corrected chi connectivity index (χ3v) is 4.27. The van der Waals surface area contributed by atoms with Gasteiger partial charge < -0.3 is 20.1 Å². The summed E-state index contributed by atoms with van der Waals surface area (Å²) in [6.07, 6.45) is 0.117. The third-order valence-electron chi connectivity index (χ3n) is 4.02. The zero-order chi connectivity index (χ0) is 18.0. The van der Waals surface area contributed by atoms with E-state index in [1.54, 1.807) is 29.2 Å². The van der Waals surface area contributed by atoms with Crippen LogP contribution < -0.4 is 15.3 Å². The summed E-state index contributed by atoms with van der Waals surface area (Å²) in [6, 6.07) is 12.5. The number of carboxylic acid groups (broad SMARTS) is 1. The Morgan fingerprint density at radius 3 is 2.32 bits per heavy atom. The zero-order valence-electron chi connectivity index (χ0n) is 13.1.